The van der Waals surface area contributed by atoms with Crippen molar-refractivity contribution in [3.63, 3.8) is 0 Å². The SMILES string of the molecule is O=c1oc2cc3n(c(=O)c2c(O)c1Sc1cccc(Cl)c1)-c1ccc(Cl)cc1C31CCCCC1. The standard InChI is InChI=1S/C26H19Cl2NO4S/c27-14-5-4-6-16(11-14)34-23-22(30)21-19(33-25(23)32)13-20-26(9-2-1-3-10-26)17-12-15(28)7-8-18(17)29(20)24(21)31/h4-8,11-13,30H,1-3,9-10H2. The molecule has 0 radical (unpaired) electrons. The fourth-order valence-electron chi connectivity index (χ4n) is 5.48. The Bertz CT molecular complexity index is 1600. The minimum absolute atomic E-state index is 0.0124. The first kappa shape index (κ1) is 21.8. The van der Waals surface area contributed by atoms with Crippen LogP contribution < -0.4 is 11.2 Å². The highest BCUT2D eigenvalue weighted by Crippen LogP contribution is 2.52. The summed E-state index contributed by atoms with van der Waals surface area (Å²) < 4.78 is 7.29. The summed E-state index contributed by atoms with van der Waals surface area (Å²) in [6.07, 6.45) is 4.95. The number of hydrogen-bond acceptors (Lipinski definition) is 5. The van der Waals surface area contributed by atoms with Crippen LogP contribution in [-0.2, 0) is 5.41 Å². The number of halogens is 2. The molecule has 172 valence electrons. The number of aromatic hydroxyl groups is 1. The molecule has 0 bridgehead atoms. The molecule has 4 aromatic rings. The molecule has 2 aliphatic rings. The monoisotopic (exact) mass is 511 g/mol. The van der Waals surface area contributed by atoms with E-state index in [2.05, 4.69) is 0 Å². The summed E-state index contributed by atoms with van der Waals surface area (Å²) in [5.41, 5.74) is 1.19. The van der Waals surface area contributed by atoms with Crippen LogP contribution in [0.2, 0.25) is 10.0 Å². The summed E-state index contributed by atoms with van der Waals surface area (Å²) in [7, 11) is 0. The Balaban J connectivity index is 1.63. The van der Waals surface area contributed by atoms with Gasteiger partial charge in [0.15, 0.2) is 5.75 Å². The first-order valence-electron chi connectivity index (χ1n) is 11.1. The van der Waals surface area contributed by atoms with Crippen LogP contribution in [-0.4, -0.2) is 9.67 Å². The van der Waals surface area contributed by atoms with Crippen molar-refractivity contribution in [3.05, 3.63) is 90.6 Å². The van der Waals surface area contributed by atoms with Gasteiger partial charge in [-0.3, -0.25) is 9.36 Å². The molecular formula is C26H19Cl2NO4S. The number of hydrogen-bond donors (Lipinski definition) is 1. The summed E-state index contributed by atoms with van der Waals surface area (Å²) in [5, 5.41) is 12.2. The van der Waals surface area contributed by atoms with Crippen LogP contribution in [0.3, 0.4) is 0 Å². The van der Waals surface area contributed by atoms with Gasteiger partial charge in [-0.15, -0.1) is 0 Å². The number of pyridine rings is 1. The van der Waals surface area contributed by atoms with Gasteiger partial charge in [-0.2, -0.15) is 0 Å². The van der Waals surface area contributed by atoms with Gasteiger partial charge in [0.05, 0.1) is 5.69 Å². The number of benzene rings is 2. The number of aromatic nitrogens is 1. The highest BCUT2D eigenvalue weighted by Gasteiger charge is 2.45. The predicted molar refractivity (Wildman–Crippen MR) is 134 cm³/mol. The number of rotatable bonds is 2. The predicted octanol–water partition coefficient (Wildman–Crippen LogP) is 6.67. The Hall–Kier alpha value is -2.67. The number of fused-ring (bicyclic) bond motifs is 6. The lowest BCUT2D eigenvalue weighted by molar-refractivity contribution is 0.346. The van der Waals surface area contributed by atoms with Crippen LogP contribution in [0.15, 0.2) is 72.3 Å². The molecule has 0 atom stereocenters. The van der Waals surface area contributed by atoms with Crippen molar-refractivity contribution in [3.8, 4) is 11.4 Å². The molecule has 0 unspecified atom stereocenters. The molecule has 1 N–H and O–H groups in total. The Labute approximate surface area is 208 Å². The maximum absolute atomic E-state index is 13.9. The van der Waals surface area contributed by atoms with Crippen molar-refractivity contribution in [2.45, 2.75) is 47.3 Å². The molecule has 1 aliphatic carbocycles. The molecule has 5 nitrogen and oxygen atoms in total. The lowest BCUT2D eigenvalue weighted by atomic mass is 9.68. The smallest absolute Gasteiger partial charge is 0.354 e. The minimum atomic E-state index is -0.699. The molecule has 3 heterocycles. The summed E-state index contributed by atoms with van der Waals surface area (Å²) in [6, 6.07) is 14.2. The molecule has 6 rings (SSSR count). The molecular weight excluding hydrogens is 493 g/mol. The third-order valence-electron chi connectivity index (χ3n) is 6.94. The second-order valence-corrected chi connectivity index (χ2v) is 10.8. The molecule has 34 heavy (non-hydrogen) atoms. The van der Waals surface area contributed by atoms with Crippen LogP contribution in [0.25, 0.3) is 16.7 Å². The van der Waals surface area contributed by atoms with Crippen molar-refractivity contribution >= 4 is 45.9 Å². The maximum Gasteiger partial charge on any atom is 0.354 e. The minimum Gasteiger partial charge on any atom is -0.505 e. The average Bonchev–Trinajstić information content (AvgIpc) is 3.06. The quantitative estimate of drug-likeness (QED) is 0.325. The van der Waals surface area contributed by atoms with Gasteiger partial charge in [0, 0.05) is 32.1 Å². The summed E-state index contributed by atoms with van der Waals surface area (Å²) >= 11 is 13.4. The zero-order chi connectivity index (χ0) is 23.6. The molecule has 1 fully saturated rings. The van der Waals surface area contributed by atoms with Gasteiger partial charge in [0.1, 0.15) is 15.9 Å². The van der Waals surface area contributed by atoms with Crippen LogP contribution in [0.1, 0.15) is 43.4 Å². The van der Waals surface area contributed by atoms with E-state index in [1.54, 1.807) is 41.0 Å². The third kappa shape index (κ3) is 3.16. The van der Waals surface area contributed by atoms with Gasteiger partial charge in [0.25, 0.3) is 5.56 Å². The first-order valence-corrected chi connectivity index (χ1v) is 12.7. The molecule has 1 aliphatic heterocycles. The van der Waals surface area contributed by atoms with Crippen LogP contribution in [0.4, 0.5) is 0 Å². The van der Waals surface area contributed by atoms with Crippen LogP contribution in [0, 0.1) is 0 Å². The highest BCUT2D eigenvalue weighted by atomic mass is 35.5. The summed E-state index contributed by atoms with van der Waals surface area (Å²) in [5.74, 6) is -0.378. The van der Waals surface area contributed by atoms with Gasteiger partial charge < -0.3 is 9.52 Å². The van der Waals surface area contributed by atoms with E-state index in [0.29, 0.717) is 14.9 Å². The van der Waals surface area contributed by atoms with Crippen LogP contribution in [0.5, 0.6) is 5.75 Å². The van der Waals surface area contributed by atoms with E-state index in [9.17, 15) is 14.7 Å². The van der Waals surface area contributed by atoms with Gasteiger partial charge in [0.2, 0.25) is 0 Å². The number of nitrogens with zero attached hydrogens (tertiary/aromatic N) is 1. The molecule has 1 saturated carbocycles. The molecule has 2 aromatic carbocycles. The topological polar surface area (TPSA) is 72.4 Å². The first-order chi connectivity index (χ1) is 16.4. The van der Waals surface area contributed by atoms with Crippen molar-refractivity contribution in [2.75, 3.05) is 0 Å². The van der Waals surface area contributed by atoms with E-state index in [4.69, 9.17) is 27.6 Å². The maximum atomic E-state index is 13.9. The normalized spacial score (nSPS) is 16.1. The lowest BCUT2D eigenvalue weighted by Gasteiger charge is -2.34. The Morgan fingerprint density at radius 2 is 1.74 bits per heavy atom. The molecule has 0 amide bonds. The molecule has 1 spiro atoms. The van der Waals surface area contributed by atoms with Gasteiger partial charge in [-0.1, -0.05) is 60.3 Å². The molecule has 8 heteroatoms. The average molecular weight is 512 g/mol. The third-order valence-corrected chi connectivity index (χ3v) is 8.46. The Morgan fingerprint density at radius 1 is 0.971 bits per heavy atom. The van der Waals surface area contributed by atoms with Gasteiger partial charge in [-0.25, -0.2) is 4.79 Å². The van der Waals surface area contributed by atoms with E-state index in [1.165, 1.54) is 0 Å². The zero-order valence-electron chi connectivity index (χ0n) is 17.9. The Morgan fingerprint density at radius 3 is 2.50 bits per heavy atom. The van der Waals surface area contributed by atoms with Crippen molar-refractivity contribution in [1.82, 2.24) is 4.57 Å². The van der Waals surface area contributed by atoms with E-state index in [0.717, 1.165) is 60.8 Å². The van der Waals surface area contributed by atoms with E-state index in [-0.39, 0.29) is 27.0 Å². The van der Waals surface area contributed by atoms with Crippen molar-refractivity contribution in [1.29, 1.82) is 0 Å². The summed E-state index contributed by atoms with van der Waals surface area (Å²) in [6.45, 7) is 0. The lowest BCUT2D eigenvalue weighted by Crippen LogP contribution is -2.31. The largest absolute Gasteiger partial charge is 0.505 e. The van der Waals surface area contributed by atoms with Gasteiger partial charge >= 0.3 is 5.63 Å². The molecule has 2 aromatic heterocycles. The van der Waals surface area contributed by atoms with E-state index in [1.807, 2.05) is 12.1 Å². The summed E-state index contributed by atoms with van der Waals surface area (Å²) in [4.78, 5) is 27.3. The van der Waals surface area contributed by atoms with E-state index >= 15 is 0 Å². The van der Waals surface area contributed by atoms with Crippen molar-refractivity contribution < 1.29 is 9.52 Å². The highest BCUT2D eigenvalue weighted by molar-refractivity contribution is 7.99. The van der Waals surface area contributed by atoms with Gasteiger partial charge in [-0.05, 0) is 54.8 Å². The van der Waals surface area contributed by atoms with Crippen LogP contribution >= 0.6 is 35.0 Å². The van der Waals surface area contributed by atoms with Crippen molar-refractivity contribution in [2.24, 2.45) is 0 Å². The van der Waals surface area contributed by atoms with E-state index < -0.39 is 11.2 Å². The second-order valence-electron chi connectivity index (χ2n) is 8.84. The second kappa shape index (κ2) is 7.94. The Kier molecular flexibility index (Phi) is 5.10. The fourth-order valence-corrected chi connectivity index (χ4v) is 6.80. The zero-order valence-corrected chi connectivity index (χ0v) is 20.3. The molecule has 0 saturated heterocycles. The fraction of sp³-hybridized carbons (Fsp3) is 0.231.